The molecule has 0 atom stereocenters. The van der Waals surface area contributed by atoms with E-state index in [-0.39, 0.29) is 5.91 Å². The van der Waals surface area contributed by atoms with Gasteiger partial charge in [0.25, 0.3) is 0 Å². The second-order valence-corrected chi connectivity index (χ2v) is 6.74. The molecule has 0 unspecified atom stereocenters. The molecule has 114 valence electrons. The van der Waals surface area contributed by atoms with Crippen LogP contribution in [0.2, 0.25) is 0 Å². The van der Waals surface area contributed by atoms with E-state index >= 15 is 0 Å². The summed E-state index contributed by atoms with van der Waals surface area (Å²) in [7, 11) is 0. The minimum absolute atomic E-state index is 0.375. The Bertz CT molecular complexity index is 665. The van der Waals surface area contributed by atoms with Crippen molar-refractivity contribution in [2.24, 2.45) is 5.73 Å². The largest absolute Gasteiger partial charge is 0.366 e. The molecule has 1 saturated carbocycles. The van der Waals surface area contributed by atoms with Crippen LogP contribution in [0, 0.1) is 0 Å². The third-order valence-electron chi connectivity index (χ3n) is 3.96. The van der Waals surface area contributed by atoms with E-state index in [0.717, 1.165) is 17.6 Å². The molecule has 0 spiro atoms. The van der Waals surface area contributed by atoms with Gasteiger partial charge >= 0.3 is 0 Å². The lowest BCUT2D eigenvalue weighted by Gasteiger charge is -2.22. The average Bonchev–Trinajstić information content (AvgIpc) is 3.32. The molecule has 1 amide bonds. The number of carbonyl (C=O) groups excluding carboxylic acids is 1. The van der Waals surface area contributed by atoms with Gasteiger partial charge in [-0.1, -0.05) is 40.2 Å². The van der Waals surface area contributed by atoms with Gasteiger partial charge in [0.2, 0.25) is 5.91 Å². The first-order valence-corrected chi connectivity index (χ1v) is 8.28. The Morgan fingerprint density at radius 1 is 1.09 bits per heavy atom. The highest BCUT2D eigenvalue weighted by Crippen LogP contribution is 2.30. The average molecular weight is 359 g/mol. The monoisotopic (exact) mass is 358 g/mol. The van der Waals surface area contributed by atoms with Crippen LogP contribution in [0.5, 0.6) is 0 Å². The Labute approximate surface area is 139 Å². The van der Waals surface area contributed by atoms with Crippen molar-refractivity contribution in [3.05, 3.63) is 69.7 Å². The molecule has 0 bridgehead atoms. The Morgan fingerprint density at radius 2 is 1.77 bits per heavy atom. The number of halogens is 1. The lowest BCUT2D eigenvalue weighted by atomic mass is 10.1. The van der Waals surface area contributed by atoms with E-state index in [1.807, 2.05) is 30.3 Å². The molecule has 2 N–H and O–H groups in total. The predicted octanol–water partition coefficient (Wildman–Crippen LogP) is 3.71. The van der Waals surface area contributed by atoms with Crippen LogP contribution in [0.25, 0.3) is 0 Å². The Morgan fingerprint density at radius 3 is 2.36 bits per heavy atom. The van der Waals surface area contributed by atoms with Crippen molar-refractivity contribution in [3.8, 4) is 0 Å². The molecular formula is C18H19BrN2O. The second kappa shape index (κ2) is 6.63. The normalized spacial score (nSPS) is 14.3. The van der Waals surface area contributed by atoms with Gasteiger partial charge in [-0.25, -0.2) is 0 Å². The summed E-state index contributed by atoms with van der Waals surface area (Å²) in [5.74, 6) is -0.375. The summed E-state index contributed by atoms with van der Waals surface area (Å²) in [6.07, 6.45) is 2.54. The molecule has 0 aliphatic heterocycles. The van der Waals surface area contributed by atoms with Gasteiger partial charge in [0.1, 0.15) is 0 Å². The molecule has 3 nitrogen and oxygen atoms in total. The molecule has 22 heavy (non-hydrogen) atoms. The van der Waals surface area contributed by atoms with E-state index in [9.17, 15) is 4.79 Å². The van der Waals surface area contributed by atoms with Crippen LogP contribution in [0.4, 0.5) is 0 Å². The van der Waals surface area contributed by atoms with Gasteiger partial charge in [0.05, 0.1) is 0 Å². The van der Waals surface area contributed by atoms with Crippen molar-refractivity contribution in [1.29, 1.82) is 0 Å². The molecule has 0 aromatic heterocycles. The van der Waals surface area contributed by atoms with Crippen LogP contribution in [0.3, 0.4) is 0 Å². The first-order chi connectivity index (χ1) is 10.6. The van der Waals surface area contributed by atoms with Crippen molar-refractivity contribution in [2.75, 3.05) is 0 Å². The number of amides is 1. The van der Waals surface area contributed by atoms with Crippen molar-refractivity contribution >= 4 is 21.8 Å². The van der Waals surface area contributed by atoms with Gasteiger partial charge in [-0.05, 0) is 48.2 Å². The minimum Gasteiger partial charge on any atom is -0.366 e. The highest BCUT2D eigenvalue weighted by Gasteiger charge is 2.28. The van der Waals surface area contributed by atoms with Crippen molar-refractivity contribution < 1.29 is 4.79 Å². The number of hydrogen-bond donors (Lipinski definition) is 1. The van der Waals surface area contributed by atoms with Crippen LogP contribution in [-0.2, 0) is 13.1 Å². The number of rotatable bonds is 6. The maximum atomic E-state index is 11.1. The molecule has 2 aromatic rings. The summed E-state index contributed by atoms with van der Waals surface area (Å²) in [5, 5.41) is 0. The molecule has 4 heteroatoms. The number of primary amides is 1. The molecule has 1 aliphatic rings. The lowest BCUT2D eigenvalue weighted by Crippen LogP contribution is -2.25. The van der Waals surface area contributed by atoms with Crippen LogP contribution in [-0.4, -0.2) is 16.8 Å². The topological polar surface area (TPSA) is 46.3 Å². The quantitative estimate of drug-likeness (QED) is 0.855. The number of hydrogen-bond acceptors (Lipinski definition) is 2. The maximum absolute atomic E-state index is 11.1. The fraction of sp³-hybridized carbons (Fsp3) is 0.278. The standard InChI is InChI=1S/C18H19BrN2O/c19-16-3-1-2-14(10-16)12-21(17-8-9-17)11-13-4-6-15(7-5-13)18(20)22/h1-7,10,17H,8-9,11-12H2,(H2,20,22). The third kappa shape index (κ3) is 3.96. The van der Waals surface area contributed by atoms with E-state index in [1.54, 1.807) is 0 Å². The third-order valence-corrected chi connectivity index (χ3v) is 4.46. The molecule has 0 saturated heterocycles. The molecule has 1 aliphatic carbocycles. The van der Waals surface area contributed by atoms with Crippen molar-refractivity contribution in [1.82, 2.24) is 4.90 Å². The fourth-order valence-corrected chi connectivity index (χ4v) is 3.08. The second-order valence-electron chi connectivity index (χ2n) is 5.83. The van der Waals surface area contributed by atoms with Crippen LogP contribution < -0.4 is 5.73 Å². The summed E-state index contributed by atoms with van der Waals surface area (Å²) in [6.45, 7) is 1.85. The SMILES string of the molecule is NC(=O)c1ccc(CN(Cc2cccc(Br)c2)C2CC2)cc1. The maximum Gasteiger partial charge on any atom is 0.248 e. The fourth-order valence-electron chi connectivity index (χ4n) is 2.63. The smallest absolute Gasteiger partial charge is 0.248 e. The van der Waals surface area contributed by atoms with Crippen LogP contribution in [0.15, 0.2) is 53.0 Å². The van der Waals surface area contributed by atoms with E-state index in [2.05, 4.69) is 39.0 Å². The molecular weight excluding hydrogens is 340 g/mol. The highest BCUT2D eigenvalue weighted by atomic mass is 79.9. The number of nitrogens with two attached hydrogens (primary N) is 1. The van der Waals surface area contributed by atoms with Gasteiger partial charge < -0.3 is 5.73 Å². The summed E-state index contributed by atoms with van der Waals surface area (Å²) < 4.78 is 1.12. The zero-order chi connectivity index (χ0) is 15.5. The molecule has 3 rings (SSSR count). The van der Waals surface area contributed by atoms with Gasteiger partial charge in [-0.15, -0.1) is 0 Å². The van der Waals surface area contributed by atoms with Crippen LogP contribution in [0.1, 0.15) is 34.3 Å². The lowest BCUT2D eigenvalue weighted by molar-refractivity contribution is 0.100. The Balaban J connectivity index is 1.70. The first kappa shape index (κ1) is 15.3. The molecule has 0 heterocycles. The Kier molecular flexibility index (Phi) is 4.60. The summed E-state index contributed by atoms with van der Waals surface area (Å²) in [4.78, 5) is 13.6. The van der Waals surface area contributed by atoms with Crippen molar-refractivity contribution in [3.63, 3.8) is 0 Å². The van der Waals surface area contributed by atoms with Gasteiger partial charge in [-0.2, -0.15) is 0 Å². The summed E-state index contributed by atoms with van der Waals surface area (Å²) in [6, 6.07) is 16.7. The summed E-state index contributed by atoms with van der Waals surface area (Å²) in [5.41, 5.74) is 8.38. The minimum atomic E-state index is -0.375. The Hall–Kier alpha value is -1.65. The number of carbonyl (C=O) groups is 1. The molecule has 0 radical (unpaired) electrons. The van der Waals surface area contributed by atoms with E-state index in [0.29, 0.717) is 11.6 Å². The number of nitrogens with zero attached hydrogens (tertiary/aromatic N) is 1. The zero-order valence-corrected chi connectivity index (χ0v) is 13.9. The predicted molar refractivity (Wildman–Crippen MR) is 91.4 cm³/mol. The van der Waals surface area contributed by atoms with E-state index < -0.39 is 0 Å². The van der Waals surface area contributed by atoms with Crippen molar-refractivity contribution in [2.45, 2.75) is 32.0 Å². The van der Waals surface area contributed by atoms with Crippen LogP contribution >= 0.6 is 15.9 Å². The molecule has 1 fully saturated rings. The van der Waals surface area contributed by atoms with E-state index in [4.69, 9.17) is 5.73 Å². The van der Waals surface area contributed by atoms with Gasteiger partial charge in [0, 0.05) is 29.2 Å². The van der Waals surface area contributed by atoms with Gasteiger partial charge in [-0.3, -0.25) is 9.69 Å². The summed E-state index contributed by atoms with van der Waals surface area (Å²) >= 11 is 3.53. The zero-order valence-electron chi connectivity index (χ0n) is 12.3. The van der Waals surface area contributed by atoms with Gasteiger partial charge in [0.15, 0.2) is 0 Å². The molecule has 2 aromatic carbocycles. The highest BCUT2D eigenvalue weighted by molar-refractivity contribution is 9.10. The van der Waals surface area contributed by atoms with E-state index in [1.165, 1.54) is 24.0 Å². The first-order valence-electron chi connectivity index (χ1n) is 7.49. The number of benzene rings is 2.